The van der Waals surface area contributed by atoms with E-state index in [0.29, 0.717) is 17.5 Å². The fraction of sp³-hybridized carbons (Fsp3) is 0.600. The molecule has 0 spiro atoms. The Morgan fingerprint density at radius 3 is 2.22 bits per heavy atom. The van der Waals surface area contributed by atoms with Crippen LogP contribution in [0, 0.1) is 11.7 Å². The van der Waals surface area contributed by atoms with E-state index in [1.807, 2.05) is 13.0 Å². The van der Waals surface area contributed by atoms with E-state index in [1.165, 1.54) is 6.07 Å². The first-order chi connectivity index (χ1) is 8.34. The highest BCUT2D eigenvalue weighted by Gasteiger charge is 2.20. The van der Waals surface area contributed by atoms with Crippen LogP contribution in [0.1, 0.15) is 46.2 Å². The summed E-state index contributed by atoms with van der Waals surface area (Å²) in [4.78, 5) is 2.23. The maximum Gasteiger partial charge on any atom is 0.130 e. The van der Waals surface area contributed by atoms with Crippen LogP contribution in [-0.2, 0) is 0 Å². The Hall–Kier alpha value is -1.09. The summed E-state index contributed by atoms with van der Waals surface area (Å²) in [7, 11) is 0. The van der Waals surface area contributed by atoms with Gasteiger partial charge in [0.05, 0.1) is 0 Å². The van der Waals surface area contributed by atoms with E-state index >= 15 is 0 Å². The van der Waals surface area contributed by atoms with Crippen molar-refractivity contribution in [2.75, 3.05) is 11.4 Å². The van der Waals surface area contributed by atoms with Crippen LogP contribution in [0.4, 0.5) is 10.1 Å². The molecular formula is C15H25FN2. The van der Waals surface area contributed by atoms with Crippen molar-refractivity contribution in [3.05, 3.63) is 29.6 Å². The highest BCUT2D eigenvalue weighted by atomic mass is 19.1. The van der Waals surface area contributed by atoms with Crippen LogP contribution in [0.15, 0.2) is 18.2 Å². The smallest absolute Gasteiger partial charge is 0.130 e. The van der Waals surface area contributed by atoms with Gasteiger partial charge in [0.25, 0.3) is 0 Å². The van der Waals surface area contributed by atoms with E-state index in [2.05, 4.69) is 32.6 Å². The number of nitrogens with two attached hydrogens (primary N) is 1. The van der Waals surface area contributed by atoms with Gasteiger partial charge in [-0.25, -0.2) is 4.39 Å². The second kappa shape index (κ2) is 6.19. The molecule has 0 radical (unpaired) electrons. The van der Waals surface area contributed by atoms with Crippen molar-refractivity contribution in [1.82, 2.24) is 0 Å². The van der Waals surface area contributed by atoms with Gasteiger partial charge in [-0.2, -0.15) is 0 Å². The molecule has 2 nitrogen and oxygen atoms in total. The van der Waals surface area contributed by atoms with Gasteiger partial charge in [0.1, 0.15) is 5.82 Å². The van der Waals surface area contributed by atoms with Crippen LogP contribution in [0.3, 0.4) is 0 Å². The zero-order valence-corrected chi connectivity index (χ0v) is 12.1. The molecule has 1 rings (SSSR count). The van der Waals surface area contributed by atoms with Crippen LogP contribution in [-0.4, -0.2) is 12.6 Å². The molecule has 0 saturated heterocycles. The van der Waals surface area contributed by atoms with Crippen molar-refractivity contribution in [3.8, 4) is 0 Å². The molecule has 0 aliphatic heterocycles. The summed E-state index contributed by atoms with van der Waals surface area (Å²) in [6.45, 7) is 11.3. The third-order valence-electron chi connectivity index (χ3n) is 2.98. The first-order valence-corrected chi connectivity index (χ1v) is 6.65. The molecule has 3 heteroatoms. The first-order valence-electron chi connectivity index (χ1n) is 6.65. The van der Waals surface area contributed by atoms with E-state index in [9.17, 15) is 4.39 Å². The van der Waals surface area contributed by atoms with E-state index in [0.717, 1.165) is 12.2 Å². The molecule has 102 valence electrons. The number of benzene rings is 1. The van der Waals surface area contributed by atoms with Gasteiger partial charge >= 0.3 is 0 Å². The zero-order valence-electron chi connectivity index (χ0n) is 12.1. The number of nitrogens with zero attached hydrogens (tertiary/aromatic N) is 1. The lowest BCUT2D eigenvalue weighted by atomic mass is 10.0. The van der Waals surface area contributed by atoms with Gasteiger partial charge in [0.2, 0.25) is 0 Å². The van der Waals surface area contributed by atoms with Crippen LogP contribution in [0.25, 0.3) is 0 Å². The van der Waals surface area contributed by atoms with E-state index in [4.69, 9.17) is 5.73 Å². The number of hydrogen-bond acceptors (Lipinski definition) is 2. The molecular weight excluding hydrogens is 227 g/mol. The van der Waals surface area contributed by atoms with Gasteiger partial charge in [-0.3, -0.25) is 0 Å². The normalized spacial score (nSPS) is 13.2. The SMILES string of the molecule is CC(C)CN(c1cccc(F)c1[C@H](C)N)C(C)C. The third kappa shape index (κ3) is 3.45. The highest BCUT2D eigenvalue weighted by molar-refractivity contribution is 5.56. The fourth-order valence-electron chi connectivity index (χ4n) is 2.21. The fourth-order valence-corrected chi connectivity index (χ4v) is 2.21. The lowest BCUT2D eigenvalue weighted by Gasteiger charge is -2.33. The number of anilines is 1. The van der Waals surface area contributed by atoms with Gasteiger partial charge < -0.3 is 10.6 Å². The van der Waals surface area contributed by atoms with Gasteiger partial charge in [-0.1, -0.05) is 19.9 Å². The molecule has 0 bridgehead atoms. The van der Waals surface area contributed by atoms with Gasteiger partial charge in [0.15, 0.2) is 0 Å². The summed E-state index contributed by atoms with van der Waals surface area (Å²) in [5.41, 5.74) is 7.46. The molecule has 0 amide bonds. The second-order valence-corrected chi connectivity index (χ2v) is 5.60. The highest BCUT2D eigenvalue weighted by Crippen LogP contribution is 2.29. The maximum atomic E-state index is 14.0. The minimum atomic E-state index is -0.297. The summed E-state index contributed by atoms with van der Waals surface area (Å²) in [5.74, 6) is 0.313. The summed E-state index contributed by atoms with van der Waals surface area (Å²) < 4.78 is 14.0. The standard InChI is InChI=1S/C15H25FN2/c1-10(2)9-18(11(3)4)14-8-6-7-13(16)15(14)12(5)17/h6-8,10-12H,9,17H2,1-5H3/t12-/m0/s1. The topological polar surface area (TPSA) is 29.3 Å². The van der Waals surface area contributed by atoms with E-state index in [1.54, 1.807) is 6.07 Å². The predicted octanol–water partition coefficient (Wildman–Crippen LogP) is 3.72. The Morgan fingerprint density at radius 2 is 1.78 bits per heavy atom. The average molecular weight is 252 g/mol. The second-order valence-electron chi connectivity index (χ2n) is 5.60. The van der Waals surface area contributed by atoms with Crippen LogP contribution < -0.4 is 10.6 Å². The molecule has 1 aromatic carbocycles. The Bertz CT molecular complexity index is 386. The zero-order chi connectivity index (χ0) is 13.9. The number of rotatable bonds is 5. The Balaban J connectivity index is 3.23. The molecule has 0 aliphatic rings. The van der Waals surface area contributed by atoms with E-state index < -0.39 is 0 Å². The Kier molecular flexibility index (Phi) is 5.15. The van der Waals surface area contributed by atoms with E-state index in [-0.39, 0.29) is 11.9 Å². The van der Waals surface area contributed by atoms with Crippen LogP contribution in [0.5, 0.6) is 0 Å². The minimum absolute atomic E-state index is 0.211. The molecule has 18 heavy (non-hydrogen) atoms. The summed E-state index contributed by atoms with van der Waals surface area (Å²) in [6.07, 6.45) is 0. The lowest BCUT2D eigenvalue weighted by molar-refractivity contribution is 0.555. The summed E-state index contributed by atoms with van der Waals surface area (Å²) >= 11 is 0. The monoisotopic (exact) mass is 252 g/mol. The van der Waals surface area contributed by atoms with Gasteiger partial charge in [0, 0.05) is 29.9 Å². The largest absolute Gasteiger partial charge is 0.368 e. The van der Waals surface area contributed by atoms with Crippen molar-refractivity contribution >= 4 is 5.69 Å². The molecule has 0 saturated carbocycles. The van der Waals surface area contributed by atoms with Crippen LogP contribution >= 0.6 is 0 Å². The first kappa shape index (κ1) is 15.0. The molecule has 1 atom stereocenters. The van der Waals surface area contributed by atoms with Crippen molar-refractivity contribution in [2.45, 2.75) is 46.7 Å². The molecule has 0 unspecified atom stereocenters. The summed E-state index contributed by atoms with van der Waals surface area (Å²) in [6, 6.07) is 5.23. The Labute approximate surface area is 110 Å². The quantitative estimate of drug-likeness (QED) is 0.865. The third-order valence-corrected chi connectivity index (χ3v) is 2.98. The van der Waals surface area contributed by atoms with Crippen molar-refractivity contribution in [1.29, 1.82) is 0 Å². The minimum Gasteiger partial charge on any atom is -0.368 e. The number of hydrogen-bond donors (Lipinski definition) is 1. The predicted molar refractivity (Wildman–Crippen MR) is 76.3 cm³/mol. The molecule has 2 N–H and O–H groups in total. The Morgan fingerprint density at radius 1 is 1.17 bits per heavy atom. The maximum absolute atomic E-state index is 14.0. The average Bonchev–Trinajstić information content (AvgIpc) is 2.24. The van der Waals surface area contributed by atoms with Gasteiger partial charge in [-0.05, 0) is 38.8 Å². The molecule has 1 aromatic rings. The van der Waals surface area contributed by atoms with Crippen LogP contribution in [0.2, 0.25) is 0 Å². The summed E-state index contributed by atoms with van der Waals surface area (Å²) in [5, 5.41) is 0. The van der Waals surface area contributed by atoms with Gasteiger partial charge in [-0.15, -0.1) is 0 Å². The number of halogens is 1. The van der Waals surface area contributed by atoms with Crippen molar-refractivity contribution < 1.29 is 4.39 Å². The molecule has 0 aliphatic carbocycles. The lowest BCUT2D eigenvalue weighted by Crippen LogP contribution is -2.35. The van der Waals surface area contributed by atoms with Crippen molar-refractivity contribution in [2.24, 2.45) is 11.7 Å². The molecule has 0 fully saturated rings. The van der Waals surface area contributed by atoms with Crippen molar-refractivity contribution in [3.63, 3.8) is 0 Å². The molecule has 0 heterocycles. The molecule has 0 aromatic heterocycles.